The van der Waals surface area contributed by atoms with Crippen LogP contribution >= 0.6 is 47.0 Å². The fourth-order valence-electron chi connectivity index (χ4n) is 1.50. The number of amides is 1. The van der Waals surface area contributed by atoms with E-state index in [1.54, 1.807) is 6.92 Å². The molecular formula is C9H4Cl3NOS. The second-order valence-electron chi connectivity index (χ2n) is 3.10. The first-order valence-corrected chi connectivity index (χ1v) is 5.52. The van der Waals surface area contributed by atoms with E-state index in [0.29, 0.717) is 26.7 Å². The lowest BCUT2D eigenvalue weighted by molar-refractivity contribution is 0.0983. The molecule has 2 nitrogen and oxygen atoms in total. The zero-order valence-electron chi connectivity index (χ0n) is 7.45. The van der Waals surface area contributed by atoms with Crippen LogP contribution in [0.5, 0.6) is 0 Å². The first-order valence-electron chi connectivity index (χ1n) is 3.98. The lowest BCUT2D eigenvalue weighted by Crippen LogP contribution is -2.19. The van der Waals surface area contributed by atoms with Gasteiger partial charge in [-0.1, -0.05) is 47.0 Å². The largest absolute Gasteiger partial charge is 0.312 e. The number of carbonyl (C=O) groups excluding carboxylic acids is 1. The molecule has 0 aromatic heterocycles. The summed E-state index contributed by atoms with van der Waals surface area (Å²) in [6.07, 6.45) is 0. The second kappa shape index (κ2) is 3.59. The van der Waals surface area contributed by atoms with E-state index >= 15 is 0 Å². The molecular weight excluding hydrogens is 277 g/mol. The second-order valence-corrected chi connectivity index (χ2v) is 4.64. The molecule has 0 aliphatic carbocycles. The molecule has 0 spiro atoms. The highest BCUT2D eigenvalue weighted by Gasteiger charge is 2.31. The Kier molecular flexibility index (Phi) is 2.67. The first kappa shape index (κ1) is 11.1. The fourth-order valence-corrected chi connectivity index (χ4v) is 2.61. The van der Waals surface area contributed by atoms with Crippen LogP contribution in [0.4, 0.5) is 0 Å². The van der Waals surface area contributed by atoms with Crippen LogP contribution in [-0.2, 0) is 0 Å². The zero-order valence-corrected chi connectivity index (χ0v) is 10.5. The molecule has 6 heteroatoms. The van der Waals surface area contributed by atoms with Crippen molar-refractivity contribution >= 4 is 57.9 Å². The molecule has 78 valence electrons. The van der Waals surface area contributed by atoms with Crippen molar-refractivity contribution in [2.75, 3.05) is 0 Å². The number of halogens is 3. The maximum Gasteiger partial charge on any atom is 0.257 e. The number of hydrogen-bond acceptors (Lipinski definition) is 2. The molecule has 1 aliphatic heterocycles. The Hall–Kier alpha value is -0.350. The zero-order chi connectivity index (χ0) is 11.3. The minimum atomic E-state index is -0.284. The van der Waals surface area contributed by atoms with E-state index in [9.17, 15) is 4.79 Å². The van der Waals surface area contributed by atoms with Gasteiger partial charge in [-0.05, 0) is 12.5 Å². The van der Waals surface area contributed by atoms with Crippen LogP contribution in [0.1, 0.15) is 21.5 Å². The highest BCUT2D eigenvalue weighted by Crippen LogP contribution is 2.40. The third-order valence-corrected chi connectivity index (χ3v) is 3.97. The van der Waals surface area contributed by atoms with Crippen molar-refractivity contribution in [3.8, 4) is 0 Å². The van der Waals surface area contributed by atoms with Crippen molar-refractivity contribution < 1.29 is 4.79 Å². The van der Waals surface area contributed by atoms with E-state index in [4.69, 9.17) is 47.0 Å². The summed E-state index contributed by atoms with van der Waals surface area (Å²) in [4.78, 5) is 11.8. The maximum absolute atomic E-state index is 11.6. The Morgan fingerprint density at radius 1 is 1.07 bits per heavy atom. The predicted molar refractivity (Wildman–Crippen MR) is 65.4 cm³/mol. The topological polar surface area (TPSA) is 29.1 Å². The van der Waals surface area contributed by atoms with Crippen molar-refractivity contribution in [3.63, 3.8) is 0 Å². The van der Waals surface area contributed by atoms with E-state index in [-0.39, 0.29) is 16.0 Å². The van der Waals surface area contributed by atoms with Gasteiger partial charge in [0.05, 0.1) is 20.6 Å². The number of benzene rings is 1. The molecule has 1 aromatic carbocycles. The van der Waals surface area contributed by atoms with Crippen molar-refractivity contribution in [1.29, 1.82) is 0 Å². The van der Waals surface area contributed by atoms with Crippen LogP contribution in [0, 0.1) is 6.92 Å². The highest BCUT2D eigenvalue weighted by atomic mass is 35.5. The van der Waals surface area contributed by atoms with Crippen LogP contribution in [0.15, 0.2) is 0 Å². The Morgan fingerprint density at radius 2 is 1.67 bits per heavy atom. The Bertz CT molecular complexity index is 468. The van der Waals surface area contributed by atoms with E-state index in [2.05, 4.69) is 5.32 Å². The summed E-state index contributed by atoms with van der Waals surface area (Å²) < 4.78 is 0. The lowest BCUT2D eigenvalue weighted by atomic mass is 10.0. The Balaban J connectivity index is 2.92. The summed E-state index contributed by atoms with van der Waals surface area (Å²) in [6.45, 7) is 1.71. The van der Waals surface area contributed by atoms with Gasteiger partial charge in [0.1, 0.15) is 4.99 Å². The van der Waals surface area contributed by atoms with Gasteiger partial charge in [-0.15, -0.1) is 0 Å². The van der Waals surface area contributed by atoms with Gasteiger partial charge in [0.2, 0.25) is 0 Å². The monoisotopic (exact) mass is 279 g/mol. The number of nitrogens with one attached hydrogen (secondary N) is 1. The van der Waals surface area contributed by atoms with E-state index in [1.807, 2.05) is 0 Å². The van der Waals surface area contributed by atoms with Gasteiger partial charge in [0, 0.05) is 5.56 Å². The first-order chi connectivity index (χ1) is 6.95. The van der Waals surface area contributed by atoms with Gasteiger partial charge in [0.25, 0.3) is 5.91 Å². The van der Waals surface area contributed by atoms with Gasteiger partial charge in [-0.2, -0.15) is 0 Å². The maximum atomic E-state index is 11.6. The average molecular weight is 281 g/mol. The molecule has 0 atom stereocenters. The molecule has 0 saturated heterocycles. The van der Waals surface area contributed by atoms with Gasteiger partial charge in [-0.3, -0.25) is 4.79 Å². The minimum Gasteiger partial charge on any atom is -0.312 e. The van der Waals surface area contributed by atoms with Gasteiger partial charge in [0.15, 0.2) is 0 Å². The number of thiocarbonyl (C=S) groups is 1. The summed E-state index contributed by atoms with van der Waals surface area (Å²) >= 11 is 22.8. The third-order valence-electron chi connectivity index (χ3n) is 2.24. The van der Waals surface area contributed by atoms with E-state index < -0.39 is 0 Å². The molecule has 0 unspecified atom stereocenters. The smallest absolute Gasteiger partial charge is 0.257 e. The fraction of sp³-hybridized carbons (Fsp3) is 0.111. The predicted octanol–water partition coefficient (Wildman–Crippen LogP) is 3.37. The Labute approximate surface area is 107 Å². The SMILES string of the molecule is Cc1c(Cl)c(Cl)c(Cl)c2c1C(=O)NC2=S. The molecule has 1 amide bonds. The number of carbonyl (C=O) groups is 1. The van der Waals surface area contributed by atoms with Crippen molar-refractivity contribution in [2.24, 2.45) is 0 Å². The van der Waals surface area contributed by atoms with Crippen LogP contribution in [0.3, 0.4) is 0 Å². The summed E-state index contributed by atoms with van der Waals surface area (Å²) in [5.41, 5.74) is 1.49. The normalized spacial score (nSPS) is 14.1. The van der Waals surface area contributed by atoms with Crippen molar-refractivity contribution in [1.82, 2.24) is 5.32 Å². The van der Waals surface area contributed by atoms with Crippen LogP contribution in [0.25, 0.3) is 0 Å². The molecule has 1 aliphatic rings. The van der Waals surface area contributed by atoms with Crippen LogP contribution < -0.4 is 5.32 Å². The van der Waals surface area contributed by atoms with Crippen molar-refractivity contribution in [2.45, 2.75) is 6.92 Å². The summed E-state index contributed by atoms with van der Waals surface area (Å²) in [7, 11) is 0. The number of hydrogen-bond donors (Lipinski definition) is 1. The molecule has 1 heterocycles. The quantitative estimate of drug-likeness (QED) is 0.583. The number of fused-ring (bicyclic) bond motifs is 1. The molecule has 15 heavy (non-hydrogen) atoms. The molecule has 2 rings (SSSR count). The van der Waals surface area contributed by atoms with Gasteiger partial charge < -0.3 is 5.32 Å². The van der Waals surface area contributed by atoms with E-state index in [0.717, 1.165) is 0 Å². The molecule has 1 aromatic rings. The van der Waals surface area contributed by atoms with E-state index in [1.165, 1.54) is 0 Å². The molecule has 0 radical (unpaired) electrons. The molecule has 0 saturated carbocycles. The molecule has 0 fully saturated rings. The Morgan fingerprint density at radius 3 is 2.27 bits per heavy atom. The summed E-state index contributed by atoms with van der Waals surface area (Å²) in [6, 6.07) is 0. The highest BCUT2D eigenvalue weighted by molar-refractivity contribution is 7.80. The van der Waals surface area contributed by atoms with Crippen LogP contribution in [-0.4, -0.2) is 10.9 Å². The number of rotatable bonds is 0. The lowest BCUT2D eigenvalue weighted by Gasteiger charge is -2.08. The summed E-state index contributed by atoms with van der Waals surface area (Å²) in [5, 5.41) is 3.26. The molecule has 0 bridgehead atoms. The van der Waals surface area contributed by atoms with Gasteiger partial charge >= 0.3 is 0 Å². The summed E-state index contributed by atoms with van der Waals surface area (Å²) in [5.74, 6) is -0.284. The van der Waals surface area contributed by atoms with Gasteiger partial charge in [-0.25, -0.2) is 0 Å². The standard InChI is InChI=1S/C9H4Cl3NOS/c1-2-3-4(9(15)13-8(3)14)6(11)7(12)5(2)10/h1H3,(H,13,14,15). The van der Waals surface area contributed by atoms with Crippen molar-refractivity contribution in [3.05, 3.63) is 31.8 Å². The van der Waals surface area contributed by atoms with Crippen LogP contribution in [0.2, 0.25) is 15.1 Å². The third kappa shape index (κ3) is 1.46. The average Bonchev–Trinajstić information content (AvgIpc) is 2.47. The molecule has 1 N–H and O–H groups in total. The minimum absolute atomic E-state index is 0.227.